The third-order valence-corrected chi connectivity index (χ3v) is 3.17. The van der Waals surface area contributed by atoms with Gasteiger partial charge in [0.1, 0.15) is 5.82 Å². The summed E-state index contributed by atoms with van der Waals surface area (Å²) in [7, 11) is 0. The highest BCUT2D eigenvalue weighted by Gasteiger charge is 2.09. The van der Waals surface area contributed by atoms with Gasteiger partial charge in [-0.3, -0.25) is 0 Å². The van der Waals surface area contributed by atoms with Crippen LogP contribution in [0.5, 0.6) is 0 Å². The van der Waals surface area contributed by atoms with Crippen LogP contribution < -0.4 is 5.73 Å². The van der Waals surface area contributed by atoms with Crippen molar-refractivity contribution in [2.75, 3.05) is 6.54 Å². The molecule has 0 unspecified atom stereocenters. The van der Waals surface area contributed by atoms with Crippen molar-refractivity contribution in [3.8, 4) is 11.4 Å². The lowest BCUT2D eigenvalue weighted by molar-refractivity contribution is 0.628. The second-order valence-electron chi connectivity index (χ2n) is 3.99. The normalized spacial score (nSPS) is 10.7. The van der Waals surface area contributed by atoms with Crippen molar-refractivity contribution in [1.29, 1.82) is 0 Å². The first-order valence-electron chi connectivity index (χ1n) is 5.60. The Balaban J connectivity index is 2.52. The van der Waals surface area contributed by atoms with E-state index in [2.05, 4.69) is 25.9 Å². The summed E-state index contributed by atoms with van der Waals surface area (Å²) >= 11 is 3.38. The van der Waals surface area contributed by atoms with E-state index in [0.29, 0.717) is 24.4 Å². The first kappa shape index (κ1) is 13.1. The monoisotopic (exact) mass is 309 g/mol. The largest absolute Gasteiger partial charge is 0.330 e. The molecule has 1 aromatic carbocycles. The minimum Gasteiger partial charge on any atom is -0.330 e. The molecule has 3 nitrogen and oxygen atoms in total. The Labute approximate surface area is 113 Å². The highest BCUT2D eigenvalue weighted by molar-refractivity contribution is 9.10. The summed E-state index contributed by atoms with van der Waals surface area (Å²) < 4.78 is 14.1. The van der Waals surface area contributed by atoms with Crippen molar-refractivity contribution in [3.63, 3.8) is 0 Å². The molecule has 0 saturated carbocycles. The van der Waals surface area contributed by atoms with E-state index in [1.165, 1.54) is 12.1 Å². The van der Waals surface area contributed by atoms with Gasteiger partial charge in [-0.2, -0.15) is 0 Å². The molecule has 0 fully saturated rings. The van der Waals surface area contributed by atoms with Crippen LogP contribution in [0.1, 0.15) is 11.4 Å². The lowest BCUT2D eigenvalue weighted by atomic mass is 10.2. The highest BCUT2D eigenvalue weighted by Crippen LogP contribution is 2.26. The van der Waals surface area contributed by atoms with Gasteiger partial charge in [-0.25, -0.2) is 14.4 Å². The van der Waals surface area contributed by atoms with Gasteiger partial charge >= 0.3 is 0 Å². The molecule has 1 aromatic heterocycles. The van der Waals surface area contributed by atoms with Crippen LogP contribution in [-0.4, -0.2) is 16.5 Å². The maximum atomic E-state index is 13.3. The molecule has 0 aliphatic heterocycles. The molecule has 0 aliphatic rings. The Bertz CT molecular complexity index is 572. The van der Waals surface area contributed by atoms with E-state index >= 15 is 0 Å². The van der Waals surface area contributed by atoms with E-state index in [1.54, 1.807) is 6.07 Å². The van der Waals surface area contributed by atoms with Crippen molar-refractivity contribution in [1.82, 2.24) is 9.97 Å². The molecular weight excluding hydrogens is 297 g/mol. The summed E-state index contributed by atoms with van der Waals surface area (Å²) in [4.78, 5) is 8.75. The number of nitrogens with two attached hydrogens (primary N) is 1. The van der Waals surface area contributed by atoms with Gasteiger partial charge in [-0.05, 0) is 37.7 Å². The third kappa shape index (κ3) is 2.91. The smallest absolute Gasteiger partial charge is 0.160 e. The molecule has 2 aromatic rings. The van der Waals surface area contributed by atoms with Crippen LogP contribution in [0.15, 0.2) is 28.7 Å². The molecule has 0 saturated heterocycles. The van der Waals surface area contributed by atoms with Gasteiger partial charge in [0.25, 0.3) is 0 Å². The molecule has 0 spiro atoms. The fraction of sp³-hybridized carbons (Fsp3) is 0.231. The fourth-order valence-corrected chi connectivity index (χ4v) is 2.12. The molecular formula is C13H13BrFN3. The Hall–Kier alpha value is -1.33. The molecule has 0 aliphatic carbocycles. The molecule has 0 bridgehead atoms. The number of aryl methyl sites for hydroxylation is 1. The van der Waals surface area contributed by atoms with Gasteiger partial charge in [-0.1, -0.05) is 15.9 Å². The van der Waals surface area contributed by atoms with E-state index in [4.69, 9.17) is 5.73 Å². The fourth-order valence-electron chi connectivity index (χ4n) is 1.70. The van der Waals surface area contributed by atoms with Crippen molar-refractivity contribution in [3.05, 3.63) is 45.9 Å². The number of hydrogen-bond acceptors (Lipinski definition) is 3. The van der Waals surface area contributed by atoms with Crippen molar-refractivity contribution < 1.29 is 4.39 Å². The maximum absolute atomic E-state index is 13.3. The molecule has 0 atom stereocenters. The van der Waals surface area contributed by atoms with Gasteiger partial charge in [0, 0.05) is 27.8 Å². The molecule has 2 rings (SSSR count). The van der Waals surface area contributed by atoms with Crippen LogP contribution in [0.4, 0.5) is 4.39 Å². The standard InChI is InChI=1S/C13H13BrFN3/c1-8-6-10(4-5-16)18-13(17-8)11-7-9(15)2-3-12(11)14/h2-3,6-7H,4-5,16H2,1H3. The molecule has 0 amide bonds. The topological polar surface area (TPSA) is 51.8 Å². The number of aromatic nitrogens is 2. The average molecular weight is 310 g/mol. The molecule has 0 radical (unpaired) electrons. The van der Waals surface area contributed by atoms with Crippen LogP contribution in [-0.2, 0) is 6.42 Å². The number of rotatable bonds is 3. The zero-order chi connectivity index (χ0) is 13.1. The second-order valence-corrected chi connectivity index (χ2v) is 4.84. The van der Waals surface area contributed by atoms with E-state index in [9.17, 15) is 4.39 Å². The van der Waals surface area contributed by atoms with E-state index in [0.717, 1.165) is 15.9 Å². The zero-order valence-corrected chi connectivity index (χ0v) is 11.5. The van der Waals surface area contributed by atoms with Gasteiger partial charge in [-0.15, -0.1) is 0 Å². The third-order valence-electron chi connectivity index (χ3n) is 2.48. The number of hydrogen-bond donors (Lipinski definition) is 1. The Morgan fingerprint density at radius 2 is 2.06 bits per heavy atom. The van der Waals surface area contributed by atoms with Gasteiger partial charge in [0.2, 0.25) is 0 Å². The van der Waals surface area contributed by atoms with Crippen molar-refractivity contribution in [2.45, 2.75) is 13.3 Å². The average Bonchev–Trinajstić information content (AvgIpc) is 2.32. The van der Waals surface area contributed by atoms with E-state index in [1.807, 2.05) is 13.0 Å². The van der Waals surface area contributed by atoms with Crippen molar-refractivity contribution >= 4 is 15.9 Å². The molecule has 94 valence electrons. The SMILES string of the molecule is Cc1cc(CCN)nc(-c2cc(F)ccc2Br)n1. The summed E-state index contributed by atoms with van der Waals surface area (Å²) in [6, 6.07) is 6.36. The number of benzene rings is 1. The van der Waals surface area contributed by atoms with Gasteiger partial charge in [0.05, 0.1) is 0 Å². The predicted octanol–water partition coefficient (Wildman–Crippen LogP) is 2.85. The van der Waals surface area contributed by atoms with Crippen LogP contribution >= 0.6 is 15.9 Å². The van der Waals surface area contributed by atoms with Crippen LogP contribution in [0.3, 0.4) is 0 Å². The number of nitrogens with zero attached hydrogens (tertiary/aromatic N) is 2. The van der Waals surface area contributed by atoms with E-state index < -0.39 is 0 Å². The summed E-state index contributed by atoms with van der Waals surface area (Å²) in [5.74, 6) is 0.212. The molecule has 5 heteroatoms. The summed E-state index contributed by atoms with van der Waals surface area (Å²) in [5, 5.41) is 0. The zero-order valence-electron chi connectivity index (χ0n) is 9.95. The molecule has 18 heavy (non-hydrogen) atoms. The van der Waals surface area contributed by atoms with Crippen LogP contribution in [0.2, 0.25) is 0 Å². The molecule has 2 N–H and O–H groups in total. The lowest BCUT2D eigenvalue weighted by Crippen LogP contribution is -2.06. The summed E-state index contributed by atoms with van der Waals surface area (Å²) in [6.07, 6.45) is 0.684. The lowest BCUT2D eigenvalue weighted by Gasteiger charge is -2.07. The first-order chi connectivity index (χ1) is 8.60. The highest BCUT2D eigenvalue weighted by atomic mass is 79.9. The maximum Gasteiger partial charge on any atom is 0.160 e. The Kier molecular flexibility index (Phi) is 4.04. The minimum absolute atomic E-state index is 0.307. The summed E-state index contributed by atoms with van der Waals surface area (Å²) in [5.41, 5.74) is 7.89. The minimum atomic E-state index is -0.307. The van der Waals surface area contributed by atoms with Crippen LogP contribution in [0, 0.1) is 12.7 Å². The van der Waals surface area contributed by atoms with E-state index in [-0.39, 0.29) is 5.82 Å². The van der Waals surface area contributed by atoms with Crippen LogP contribution in [0.25, 0.3) is 11.4 Å². The Morgan fingerprint density at radius 1 is 1.28 bits per heavy atom. The van der Waals surface area contributed by atoms with Crippen molar-refractivity contribution in [2.24, 2.45) is 5.73 Å². The predicted molar refractivity (Wildman–Crippen MR) is 72.6 cm³/mol. The first-order valence-corrected chi connectivity index (χ1v) is 6.39. The Morgan fingerprint density at radius 3 is 2.78 bits per heavy atom. The van der Waals surface area contributed by atoms with Gasteiger partial charge < -0.3 is 5.73 Å². The quantitative estimate of drug-likeness (QED) is 0.948. The second kappa shape index (κ2) is 5.54. The molecule has 1 heterocycles. The summed E-state index contributed by atoms with van der Waals surface area (Å²) in [6.45, 7) is 2.42. The van der Waals surface area contributed by atoms with Gasteiger partial charge in [0.15, 0.2) is 5.82 Å². The number of halogens is 2.